The molecule has 8 heavy (non-hydrogen) atoms. The van der Waals surface area contributed by atoms with Crippen LogP contribution < -0.4 is 0 Å². The topological polar surface area (TPSA) is 77.8 Å². The van der Waals surface area contributed by atoms with Gasteiger partial charge in [-0.2, -0.15) is 0 Å². The molecule has 0 aliphatic carbocycles. The first-order chi connectivity index (χ1) is 3.41. The Kier molecular flexibility index (Phi) is 11.0. The standard InChI is InChI=1S/Mo.H3O4P.S.Zr/c;1-5(2,3)4;;/h;(H3,1,2,3,4);;. The maximum absolute atomic E-state index is 8.88. The molecule has 0 aromatic heterocycles. The van der Waals surface area contributed by atoms with Crippen LogP contribution in [0.25, 0.3) is 0 Å². The van der Waals surface area contributed by atoms with Crippen LogP contribution >= 0.6 is 17.6 Å². The van der Waals surface area contributed by atoms with Crippen LogP contribution in [0, 0.1) is 0 Å². The summed E-state index contributed by atoms with van der Waals surface area (Å²) in [5, 5.41) is 0. The van der Waals surface area contributed by atoms with Crippen LogP contribution in [0.2, 0.25) is 0 Å². The predicted molar refractivity (Wildman–Crippen MR) is 21.9 cm³/mol. The molecule has 0 aromatic carbocycles. The van der Waals surface area contributed by atoms with E-state index in [4.69, 9.17) is 19.2 Å². The van der Waals surface area contributed by atoms with Gasteiger partial charge in [0.15, 0.2) is 0 Å². The Labute approximate surface area is 70.0 Å². The number of hydrogen-bond donors (Lipinski definition) is 3. The van der Waals surface area contributed by atoms with E-state index in [0.717, 1.165) is 0 Å². The number of rotatable bonds is 0. The normalized spacial score (nSPS) is 8.75. The molecular weight excluding hydrogens is 314 g/mol. The van der Waals surface area contributed by atoms with Gasteiger partial charge in [0.2, 0.25) is 0 Å². The fourth-order valence-electron chi connectivity index (χ4n) is 0. The van der Waals surface area contributed by atoms with Crippen molar-refractivity contribution in [2.24, 2.45) is 0 Å². The predicted octanol–water partition coefficient (Wildman–Crippen LogP) is -0.285. The van der Waals surface area contributed by atoms with Gasteiger partial charge in [-0.3, -0.25) is 0 Å². The first-order valence-corrected chi connectivity index (χ1v) is 12.5. The van der Waals surface area contributed by atoms with Crippen molar-refractivity contribution in [1.29, 1.82) is 0 Å². The van der Waals surface area contributed by atoms with Crippen molar-refractivity contribution in [3.63, 3.8) is 0 Å². The van der Waals surface area contributed by atoms with E-state index in [2.05, 4.69) is 9.82 Å². The van der Waals surface area contributed by atoms with Gasteiger partial charge in [0, 0.05) is 0 Å². The van der Waals surface area contributed by atoms with Crippen LogP contribution in [-0.2, 0) is 38.4 Å². The van der Waals surface area contributed by atoms with Gasteiger partial charge in [-0.05, 0) is 0 Å². The molecule has 0 rings (SSSR count). The first-order valence-electron chi connectivity index (χ1n) is 1.15. The van der Waals surface area contributed by atoms with Gasteiger partial charge in [0.1, 0.15) is 0 Å². The molecule has 0 atom stereocenters. The van der Waals surface area contributed by atoms with Crippen LogP contribution in [0.1, 0.15) is 0 Å². The van der Waals surface area contributed by atoms with Crippen LogP contribution in [0.3, 0.4) is 0 Å². The van der Waals surface area contributed by atoms with Crippen molar-refractivity contribution in [3.05, 3.63) is 0 Å². The summed E-state index contributed by atoms with van der Waals surface area (Å²) in [6.07, 6.45) is 0. The molecule has 0 unspecified atom stereocenters. The third-order valence-corrected chi connectivity index (χ3v) is 0. The Morgan fingerprint density at radius 1 is 1.50 bits per heavy atom. The molecule has 0 amide bonds. The minimum atomic E-state index is -4.64. The first kappa shape index (κ1) is 12.6. The monoisotopic (exact) mass is 318 g/mol. The molecule has 48 valence electrons. The zero-order valence-electron chi connectivity index (χ0n) is 3.51. The third-order valence-electron chi connectivity index (χ3n) is 0. The zero-order chi connectivity index (χ0) is 7.21. The molecule has 3 N–H and O–H groups in total. The molecule has 0 aromatic rings. The summed E-state index contributed by atoms with van der Waals surface area (Å²) in [6.45, 7) is 0. The second kappa shape index (κ2) is 7.01. The van der Waals surface area contributed by atoms with E-state index >= 15 is 0 Å². The molecular formula is H3MoO4PSZr. The van der Waals surface area contributed by atoms with Crippen molar-refractivity contribution in [2.75, 3.05) is 0 Å². The molecule has 0 heterocycles. The van der Waals surface area contributed by atoms with Crippen molar-refractivity contribution < 1.29 is 53.1 Å². The van der Waals surface area contributed by atoms with E-state index in [1.54, 1.807) is 21.3 Å². The van der Waals surface area contributed by atoms with Crippen LogP contribution in [0.4, 0.5) is 0 Å². The summed E-state index contributed by atoms with van der Waals surface area (Å²) in [7, 11) is -0.0754. The van der Waals surface area contributed by atoms with Gasteiger partial charge in [-0.15, -0.1) is 0 Å². The Morgan fingerprint density at radius 2 is 1.50 bits per heavy atom. The average Bonchev–Trinajstić information content (AvgIpc) is 1.27. The zero-order valence-corrected chi connectivity index (χ0v) is 9.69. The number of phosphoric acid groups is 1. The van der Waals surface area contributed by atoms with Crippen LogP contribution in [0.5, 0.6) is 0 Å². The second-order valence-electron chi connectivity index (χ2n) is 0.597. The van der Waals surface area contributed by atoms with Gasteiger partial charge in [-0.25, -0.2) is 4.57 Å². The third kappa shape index (κ3) is 104. The van der Waals surface area contributed by atoms with Crippen molar-refractivity contribution in [3.8, 4) is 0 Å². The number of hydrogen-bond acceptors (Lipinski definition) is 2. The fourth-order valence-corrected chi connectivity index (χ4v) is 0. The van der Waals surface area contributed by atoms with Gasteiger partial charge in [-0.1, -0.05) is 0 Å². The van der Waals surface area contributed by atoms with Gasteiger partial charge < -0.3 is 14.7 Å². The Morgan fingerprint density at radius 3 is 1.50 bits per heavy atom. The summed E-state index contributed by atoms with van der Waals surface area (Å²) in [5.74, 6) is 0. The Bertz CT molecular complexity index is 89.9. The molecule has 8 heteroatoms. The van der Waals surface area contributed by atoms with Crippen molar-refractivity contribution in [1.82, 2.24) is 0 Å². The average molecular weight is 317 g/mol. The molecule has 4 nitrogen and oxygen atoms in total. The van der Waals surface area contributed by atoms with E-state index in [-0.39, 0.29) is 12.5 Å². The van der Waals surface area contributed by atoms with Gasteiger partial charge >= 0.3 is 51.5 Å². The maximum atomic E-state index is 8.88. The summed E-state index contributed by atoms with van der Waals surface area (Å²) in [5.41, 5.74) is 0. The molecule has 0 saturated carbocycles. The fraction of sp³-hybridized carbons (Fsp3) is 0. The van der Waals surface area contributed by atoms with Gasteiger partial charge in [0.25, 0.3) is 0 Å². The molecule has 0 aliphatic rings. The molecule has 0 aliphatic heterocycles. The second-order valence-corrected chi connectivity index (χ2v) is 10.3. The Balaban J connectivity index is 0. The van der Waals surface area contributed by atoms with E-state index in [9.17, 15) is 0 Å². The summed E-state index contributed by atoms with van der Waals surface area (Å²) in [6, 6.07) is 0. The Hall–Kier alpha value is 1.90. The molecule has 0 fully saturated rings. The summed E-state index contributed by atoms with van der Waals surface area (Å²) >= 11 is 1.72. The van der Waals surface area contributed by atoms with Crippen molar-refractivity contribution >= 4 is 17.6 Å². The van der Waals surface area contributed by atoms with E-state index in [1.807, 2.05) is 0 Å². The molecule has 0 bridgehead atoms. The minimum absolute atomic E-state index is 0.143. The SMILES string of the molecule is O=P(O)(O)O.[S]=[Mo][Zr]. The quantitative estimate of drug-likeness (QED) is 0.423. The summed E-state index contributed by atoms with van der Waals surface area (Å²) < 4.78 is 8.88. The molecule has 0 saturated heterocycles. The van der Waals surface area contributed by atoms with Crippen LogP contribution in [-0.4, -0.2) is 14.7 Å². The van der Waals surface area contributed by atoms with E-state index in [0.29, 0.717) is 0 Å². The van der Waals surface area contributed by atoms with E-state index in [1.165, 1.54) is 0 Å². The van der Waals surface area contributed by atoms with E-state index < -0.39 is 7.82 Å². The van der Waals surface area contributed by atoms with Crippen LogP contribution in [0.15, 0.2) is 0 Å². The summed E-state index contributed by atoms with van der Waals surface area (Å²) in [4.78, 5) is 21.6. The van der Waals surface area contributed by atoms with Gasteiger partial charge in [0.05, 0.1) is 0 Å². The molecule has 0 radical (unpaired) electrons. The molecule has 0 spiro atoms. The van der Waals surface area contributed by atoms with Crippen molar-refractivity contribution in [2.45, 2.75) is 0 Å².